The summed E-state index contributed by atoms with van der Waals surface area (Å²) >= 11 is 0. The first kappa shape index (κ1) is 34.0. The lowest BCUT2D eigenvalue weighted by Crippen LogP contribution is -2.10. The van der Waals surface area contributed by atoms with Gasteiger partial charge in [-0.05, 0) is 120 Å². The largest absolute Gasteiger partial charge is 0.310 e. The molecule has 0 bridgehead atoms. The molecule has 0 amide bonds. The smallest absolute Gasteiger partial charge is 0.0468 e. The third kappa shape index (κ3) is 6.66. The minimum Gasteiger partial charge on any atom is -0.310 e. The maximum atomic E-state index is 2.38. The van der Waals surface area contributed by atoms with E-state index in [9.17, 15) is 0 Å². The van der Waals surface area contributed by atoms with Gasteiger partial charge in [0.2, 0.25) is 0 Å². The first-order valence-corrected chi connectivity index (χ1v) is 19.6. The Hall–Kier alpha value is -7.48. The van der Waals surface area contributed by atoms with Gasteiger partial charge in [0.15, 0.2) is 0 Å². The second-order valence-corrected chi connectivity index (χ2v) is 14.5. The summed E-state index contributed by atoms with van der Waals surface area (Å²) in [4.78, 5) is 2.38. The maximum absolute atomic E-state index is 2.38. The molecule has 0 heterocycles. The molecule has 57 heavy (non-hydrogen) atoms. The lowest BCUT2D eigenvalue weighted by atomic mass is 9.88. The van der Waals surface area contributed by atoms with E-state index < -0.39 is 0 Å². The molecule has 10 aromatic rings. The Bertz CT molecular complexity index is 2950. The van der Waals surface area contributed by atoms with Gasteiger partial charge in [0.25, 0.3) is 0 Å². The van der Waals surface area contributed by atoms with Crippen LogP contribution < -0.4 is 4.90 Å². The fraction of sp³-hybridized carbons (Fsp3) is 0. The van der Waals surface area contributed by atoms with Gasteiger partial charge in [-0.15, -0.1) is 0 Å². The number of fused-ring (bicyclic) bond motifs is 3. The van der Waals surface area contributed by atoms with Crippen molar-refractivity contribution in [2.45, 2.75) is 0 Å². The van der Waals surface area contributed by atoms with E-state index in [1.807, 2.05) is 0 Å². The van der Waals surface area contributed by atoms with Crippen LogP contribution in [-0.4, -0.2) is 0 Å². The molecule has 0 saturated heterocycles. The van der Waals surface area contributed by atoms with Gasteiger partial charge in [0.05, 0.1) is 0 Å². The number of nitrogens with zero attached hydrogens (tertiary/aromatic N) is 1. The van der Waals surface area contributed by atoms with E-state index in [1.165, 1.54) is 77.2 Å². The fourth-order valence-electron chi connectivity index (χ4n) is 8.21. The van der Waals surface area contributed by atoms with E-state index in [0.717, 1.165) is 17.1 Å². The van der Waals surface area contributed by atoms with E-state index in [1.54, 1.807) is 0 Å². The van der Waals surface area contributed by atoms with E-state index in [2.05, 4.69) is 241 Å². The SMILES string of the molecule is c1ccc(-c2ccc(-c3ccc(N(c4ccc(-c5ccccc5)cc4)c4ccc(-c5cc6ccccc6c6ccccc56)c(-c5ccccc5)c4)cc3)cc2)cc1. The predicted molar refractivity (Wildman–Crippen MR) is 243 cm³/mol. The van der Waals surface area contributed by atoms with Crippen LogP contribution in [0.2, 0.25) is 0 Å². The molecule has 0 aromatic heterocycles. The van der Waals surface area contributed by atoms with E-state index in [0.29, 0.717) is 0 Å². The zero-order valence-electron chi connectivity index (χ0n) is 31.5. The van der Waals surface area contributed by atoms with Crippen LogP contribution in [0.25, 0.3) is 77.2 Å². The van der Waals surface area contributed by atoms with Crippen molar-refractivity contribution in [3.63, 3.8) is 0 Å². The molecule has 0 atom stereocenters. The van der Waals surface area contributed by atoms with Crippen molar-refractivity contribution in [3.8, 4) is 55.6 Å². The summed E-state index contributed by atoms with van der Waals surface area (Å²) < 4.78 is 0. The van der Waals surface area contributed by atoms with Gasteiger partial charge in [0, 0.05) is 17.1 Å². The summed E-state index contributed by atoms with van der Waals surface area (Å²) in [6.07, 6.45) is 0. The fourth-order valence-corrected chi connectivity index (χ4v) is 8.21. The second-order valence-electron chi connectivity index (χ2n) is 14.5. The molecule has 1 nitrogen and oxygen atoms in total. The molecule has 10 aromatic carbocycles. The molecule has 0 spiro atoms. The molecule has 0 aliphatic heterocycles. The first-order chi connectivity index (χ1) is 28.3. The van der Waals surface area contributed by atoms with Crippen LogP contribution in [0.15, 0.2) is 237 Å². The van der Waals surface area contributed by atoms with Crippen LogP contribution in [0.4, 0.5) is 17.1 Å². The summed E-state index contributed by atoms with van der Waals surface area (Å²) in [5.41, 5.74) is 15.3. The third-order valence-electron chi connectivity index (χ3n) is 11.1. The van der Waals surface area contributed by atoms with Crippen molar-refractivity contribution in [2.75, 3.05) is 4.90 Å². The highest BCUT2D eigenvalue weighted by molar-refractivity contribution is 6.15. The molecule has 0 N–H and O–H groups in total. The summed E-state index contributed by atoms with van der Waals surface area (Å²) in [7, 11) is 0. The van der Waals surface area contributed by atoms with E-state index >= 15 is 0 Å². The van der Waals surface area contributed by atoms with Crippen molar-refractivity contribution >= 4 is 38.6 Å². The number of hydrogen-bond acceptors (Lipinski definition) is 1. The third-order valence-corrected chi connectivity index (χ3v) is 11.1. The highest BCUT2D eigenvalue weighted by atomic mass is 15.1. The molecule has 0 aliphatic rings. The van der Waals surface area contributed by atoms with Crippen LogP contribution >= 0.6 is 0 Å². The quantitative estimate of drug-likeness (QED) is 0.141. The Morgan fingerprint density at radius 1 is 0.211 bits per heavy atom. The summed E-state index contributed by atoms with van der Waals surface area (Å²) in [5.74, 6) is 0. The number of anilines is 3. The van der Waals surface area contributed by atoms with Crippen molar-refractivity contribution in [3.05, 3.63) is 237 Å². The van der Waals surface area contributed by atoms with Crippen LogP contribution in [0.5, 0.6) is 0 Å². The minimum absolute atomic E-state index is 1.09. The Balaban J connectivity index is 1.11. The molecule has 0 aliphatic carbocycles. The Morgan fingerprint density at radius 2 is 0.596 bits per heavy atom. The van der Waals surface area contributed by atoms with Gasteiger partial charge in [-0.2, -0.15) is 0 Å². The van der Waals surface area contributed by atoms with Gasteiger partial charge >= 0.3 is 0 Å². The monoisotopic (exact) mass is 725 g/mol. The molecule has 0 fully saturated rings. The zero-order chi connectivity index (χ0) is 38.0. The van der Waals surface area contributed by atoms with Crippen LogP contribution in [-0.2, 0) is 0 Å². The summed E-state index contributed by atoms with van der Waals surface area (Å²) in [6.45, 7) is 0. The average molecular weight is 726 g/mol. The molecule has 268 valence electrons. The van der Waals surface area contributed by atoms with Gasteiger partial charge in [-0.1, -0.05) is 194 Å². The topological polar surface area (TPSA) is 3.24 Å². The molecular weight excluding hydrogens is 687 g/mol. The minimum atomic E-state index is 1.09. The van der Waals surface area contributed by atoms with Crippen molar-refractivity contribution in [1.82, 2.24) is 0 Å². The molecule has 0 saturated carbocycles. The molecule has 0 radical (unpaired) electrons. The lowest BCUT2D eigenvalue weighted by molar-refractivity contribution is 1.28. The van der Waals surface area contributed by atoms with Crippen LogP contribution in [0.3, 0.4) is 0 Å². The highest BCUT2D eigenvalue weighted by Gasteiger charge is 2.19. The van der Waals surface area contributed by atoms with Gasteiger partial charge in [0.1, 0.15) is 0 Å². The van der Waals surface area contributed by atoms with Gasteiger partial charge in [-0.25, -0.2) is 0 Å². The maximum Gasteiger partial charge on any atom is 0.0468 e. The Kier molecular flexibility index (Phi) is 8.95. The van der Waals surface area contributed by atoms with E-state index in [4.69, 9.17) is 0 Å². The van der Waals surface area contributed by atoms with Gasteiger partial charge in [-0.3, -0.25) is 0 Å². The first-order valence-electron chi connectivity index (χ1n) is 19.6. The standard InChI is InChI=1S/C56H39N/c1-4-14-40(15-5-1)42-24-26-43(27-25-42)45-30-34-49(35-31-45)57(48-32-28-44(29-33-48)41-16-6-2-7-17-41)50-36-37-54(55(39-50)46-18-8-3-9-19-46)56-38-47-20-10-11-21-51(47)52-22-12-13-23-53(52)56/h1-39H. The second kappa shape index (κ2) is 15.0. The summed E-state index contributed by atoms with van der Waals surface area (Å²) in [6, 6.07) is 85.6. The average Bonchev–Trinajstić information content (AvgIpc) is 3.30. The van der Waals surface area contributed by atoms with Crippen molar-refractivity contribution in [1.29, 1.82) is 0 Å². The highest BCUT2D eigenvalue weighted by Crippen LogP contribution is 2.44. The normalized spacial score (nSPS) is 11.2. The van der Waals surface area contributed by atoms with Crippen molar-refractivity contribution < 1.29 is 0 Å². The predicted octanol–water partition coefficient (Wildman–Crippen LogP) is 15.8. The lowest BCUT2D eigenvalue weighted by Gasteiger charge is -2.27. The molecule has 0 unspecified atom stereocenters. The molecule has 1 heteroatoms. The number of hydrogen-bond donors (Lipinski definition) is 0. The Morgan fingerprint density at radius 3 is 1.12 bits per heavy atom. The van der Waals surface area contributed by atoms with E-state index in [-0.39, 0.29) is 0 Å². The molecular formula is C56H39N. The van der Waals surface area contributed by atoms with Crippen molar-refractivity contribution in [2.24, 2.45) is 0 Å². The van der Waals surface area contributed by atoms with Gasteiger partial charge < -0.3 is 4.90 Å². The van der Waals surface area contributed by atoms with Crippen LogP contribution in [0.1, 0.15) is 0 Å². The summed E-state index contributed by atoms with van der Waals surface area (Å²) in [5, 5.41) is 5.03. The Labute approximate surface area is 334 Å². The molecule has 10 rings (SSSR count). The van der Waals surface area contributed by atoms with Crippen LogP contribution in [0, 0.1) is 0 Å². The number of benzene rings is 10. The zero-order valence-corrected chi connectivity index (χ0v) is 31.5. The number of rotatable bonds is 8.